The molecule has 5 heteroatoms. The van der Waals surface area contributed by atoms with Gasteiger partial charge < -0.3 is 15.0 Å². The Labute approximate surface area is 62.8 Å². The number of nitrogens with zero attached hydrogens (tertiary/aromatic N) is 1. The molecule has 1 amide bonds. The van der Waals surface area contributed by atoms with Gasteiger partial charge in [-0.1, -0.05) is 0 Å². The second kappa shape index (κ2) is 2.26. The molecule has 58 valence electrons. The van der Waals surface area contributed by atoms with Gasteiger partial charge in [0.05, 0.1) is 6.54 Å². The molecule has 1 aromatic heterocycles. The summed E-state index contributed by atoms with van der Waals surface area (Å²) in [5.41, 5.74) is 0. The fraction of sp³-hybridized carbons (Fsp3) is 0.333. The predicted octanol–water partition coefficient (Wildman–Crippen LogP) is 0.191. The third-order valence-corrected chi connectivity index (χ3v) is 1.51. The molecule has 2 heterocycles. The van der Waals surface area contributed by atoms with E-state index in [-0.39, 0.29) is 12.2 Å². The Kier molecular flexibility index (Phi) is 1.28. The maximum absolute atomic E-state index is 10.6. The van der Waals surface area contributed by atoms with Gasteiger partial charge in [-0.15, -0.1) is 0 Å². The topological polar surface area (TPSA) is 67.0 Å². The van der Waals surface area contributed by atoms with E-state index < -0.39 is 0 Å². The minimum atomic E-state index is -0.383. The summed E-state index contributed by atoms with van der Waals surface area (Å²) in [4.78, 5) is 17.4. The van der Waals surface area contributed by atoms with Crippen LogP contribution in [-0.4, -0.2) is 22.6 Å². The summed E-state index contributed by atoms with van der Waals surface area (Å²) in [6, 6.07) is 0. The van der Waals surface area contributed by atoms with Crippen molar-refractivity contribution in [3.63, 3.8) is 0 Å². The second-order valence-corrected chi connectivity index (χ2v) is 2.25. The molecule has 1 atom stereocenters. The number of carbonyl (C=O) groups is 1. The van der Waals surface area contributed by atoms with Crippen LogP contribution >= 0.6 is 0 Å². The van der Waals surface area contributed by atoms with Crippen molar-refractivity contribution in [3.05, 3.63) is 18.2 Å². The van der Waals surface area contributed by atoms with Gasteiger partial charge in [-0.3, -0.25) is 0 Å². The fourth-order valence-electron chi connectivity index (χ4n) is 0.995. The molecule has 1 fully saturated rings. The minimum Gasteiger partial charge on any atom is -0.436 e. The van der Waals surface area contributed by atoms with Crippen LogP contribution in [0.5, 0.6) is 0 Å². The molecule has 1 unspecified atom stereocenters. The average molecular weight is 153 g/mol. The largest absolute Gasteiger partial charge is 0.436 e. The lowest BCUT2D eigenvalue weighted by Crippen LogP contribution is -2.12. The molecule has 0 aromatic carbocycles. The SMILES string of the molecule is O=C1NCC(c2ncc[nH]2)O1. The van der Waals surface area contributed by atoms with Crippen molar-refractivity contribution in [2.75, 3.05) is 6.54 Å². The van der Waals surface area contributed by atoms with Crippen LogP contribution in [0.1, 0.15) is 11.9 Å². The van der Waals surface area contributed by atoms with E-state index in [0.717, 1.165) is 0 Å². The van der Waals surface area contributed by atoms with E-state index in [2.05, 4.69) is 15.3 Å². The fourth-order valence-corrected chi connectivity index (χ4v) is 0.995. The molecule has 1 aliphatic rings. The molecule has 1 saturated heterocycles. The highest BCUT2D eigenvalue weighted by molar-refractivity contribution is 5.69. The number of carbonyl (C=O) groups excluding carboxylic acids is 1. The maximum Gasteiger partial charge on any atom is 0.408 e. The Morgan fingerprint density at radius 2 is 2.64 bits per heavy atom. The molecule has 11 heavy (non-hydrogen) atoms. The maximum atomic E-state index is 10.6. The number of hydrogen-bond acceptors (Lipinski definition) is 3. The first-order chi connectivity index (χ1) is 5.36. The quantitative estimate of drug-likeness (QED) is 0.605. The first kappa shape index (κ1) is 6.21. The van der Waals surface area contributed by atoms with Crippen molar-refractivity contribution < 1.29 is 9.53 Å². The van der Waals surface area contributed by atoms with Crippen molar-refractivity contribution >= 4 is 6.09 Å². The summed E-state index contributed by atoms with van der Waals surface area (Å²) in [5, 5.41) is 2.54. The number of cyclic esters (lactones) is 1. The van der Waals surface area contributed by atoms with Gasteiger partial charge in [-0.25, -0.2) is 9.78 Å². The van der Waals surface area contributed by atoms with Gasteiger partial charge in [0.1, 0.15) is 5.82 Å². The van der Waals surface area contributed by atoms with Gasteiger partial charge in [0.15, 0.2) is 6.10 Å². The zero-order valence-corrected chi connectivity index (χ0v) is 5.70. The molecule has 0 aliphatic carbocycles. The van der Waals surface area contributed by atoms with Crippen LogP contribution in [0.25, 0.3) is 0 Å². The van der Waals surface area contributed by atoms with Gasteiger partial charge in [-0.05, 0) is 0 Å². The Bertz CT molecular complexity index is 257. The molecular formula is C6H7N3O2. The standard InChI is InChI=1S/C6H7N3O2/c10-6-9-3-4(11-6)5-7-1-2-8-5/h1-2,4H,3H2,(H,7,8)(H,9,10). The first-order valence-electron chi connectivity index (χ1n) is 3.30. The average Bonchev–Trinajstić information content (AvgIpc) is 2.55. The number of nitrogens with one attached hydrogen (secondary N) is 2. The molecule has 2 rings (SSSR count). The molecule has 0 radical (unpaired) electrons. The van der Waals surface area contributed by atoms with E-state index in [4.69, 9.17) is 4.74 Å². The number of hydrogen-bond donors (Lipinski definition) is 2. The summed E-state index contributed by atoms with van der Waals surface area (Å²) < 4.78 is 4.86. The Hall–Kier alpha value is -1.52. The number of alkyl carbamates (subject to hydrolysis) is 1. The third-order valence-electron chi connectivity index (χ3n) is 1.51. The Balaban J connectivity index is 2.13. The van der Waals surface area contributed by atoms with E-state index in [1.165, 1.54) is 0 Å². The third kappa shape index (κ3) is 1.04. The molecule has 5 nitrogen and oxygen atoms in total. The summed E-state index contributed by atoms with van der Waals surface area (Å²) in [7, 11) is 0. The number of ether oxygens (including phenoxy) is 1. The molecule has 0 spiro atoms. The number of aromatic nitrogens is 2. The van der Waals surface area contributed by atoms with Crippen LogP contribution in [0.3, 0.4) is 0 Å². The molecule has 0 saturated carbocycles. The van der Waals surface area contributed by atoms with Gasteiger partial charge in [0.2, 0.25) is 0 Å². The zero-order valence-electron chi connectivity index (χ0n) is 5.70. The summed E-state index contributed by atoms with van der Waals surface area (Å²) in [6.07, 6.45) is 2.69. The minimum absolute atomic E-state index is 0.252. The molecular weight excluding hydrogens is 146 g/mol. The Morgan fingerprint density at radius 1 is 1.73 bits per heavy atom. The van der Waals surface area contributed by atoms with Crippen molar-refractivity contribution in [1.29, 1.82) is 0 Å². The number of aromatic amines is 1. The van der Waals surface area contributed by atoms with Crippen LogP contribution in [-0.2, 0) is 4.74 Å². The van der Waals surface area contributed by atoms with E-state index >= 15 is 0 Å². The highest BCUT2D eigenvalue weighted by atomic mass is 16.6. The lowest BCUT2D eigenvalue weighted by Gasteiger charge is -2.01. The zero-order chi connectivity index (χ0) is 7.68. The van der Waals surface area contributed by atoms with Crippen LogP contribution in [0.4, 0.5) is 4.79 Å². The van der Waals surface area contributed by atoms with E-state index in [1.54, 1.807) is 12.4 Å². The number of imidazole rings is 1. The van der Waals surface area contributed by atoms with Crippen LogP contribution in [0, 0.1) is 0 Å². The normalized spacial score (nSPS) is 22.9. The second-order valence-electron chi connectivity index (χ2n) is 2.25. The number of H-pyrrole nitrogens is 1. The molecule has 2 N–H and O–H groups in total. The van der Waals surface area contributed by atoms with Crippen molar-refractivity contribution in [3.8, 4) is 0 Å². The highest BCUT2D eigenvalue weighted by Crippen LogP contribution is 2.15. The van der Waals surface area contributed by atoms with E-state index in [9.17, 15) is 4.79 Å². The summed E-state index contributed by atoms with van der Waals surface area (Å²) in [6.45, 7) is 0.492. The molecule has 1 aliphatic heterocycles. The van der Waals surface area contributed by atoms with Crippen LogP contribution in [0.2, 0.25) is 0 Å². The summed E-state index contributed by atoms with van der Waals surface area (Å²) >= 11 is 0. The first-order valence-corrected chi connectivity index (χ1v) is 3.30. The lowest BCUT2D eigenvalue weighted by molar-refractivity contribution is 0.137. The monoisotopic (exact) mass is 153 g/mol. The van der Waals surface area contributed by atoms with E-state index in [0.29, 0.717) is 12.4 Å². The Morgan fingerprint density at radius 3 is 3.18 bits per heavy atom. The van der Waals surface area contributed by atoms with Gasteiger partial charge >= 0.3 is 6.09 Å². The number of rotatable bonds is 1. The van der Waals surface area contributed by atoms with Crippen molar-refractivity contribution in [2.45, 2.75) is 6.10 Å². The van der Waals surface area contributed by atoms with Gasteiger partial charge in [0, 0.05) is 12.4 Å². The number of amides is 1. The van der Waals surface area contributed by atoms with Gasteiger partial charge in [0.25, 0.3) is 0 Å². The van der Waals surface area contributed by atoms with Crippen molar-refractivity contribution in [1.82, 2.24) is 15.3 Å². The van der Waals surface area contributed by atoms with Crippen LogP contribution < -0.4 is 5.32 Å². The van der Waals surface area contributed by atoms with Crippen molar-refractivity contribution in [2.24, 2.45) is 0 Å². The predicted molar refractivity (Wildman–Crippen MR) is 35.8 cm³/mol. The van der Waals surface area contributed by atoms with E-state index in [1.807, 2.05) is 0 Å². The smallest absolute Gasteiger partial charge is 0.408 e. The summed E-state index contributed by atoms with van der Waals surface area (Å²) in [5.74, 6) is 0.684. The van der Waals surface area contributed by atoms with Crippen LogP contribution in [0.15, 0.2) is 12.4 Å². The molecule has 0 bridgehead atoms. The molecule has 1 aromatic rings. The lowest BCUT2D eigenvalue weighted by atomic mass is 10.3. The van der Waals surface area contributed by atoms with Gasteiger partial charge in [-0.2, -0.15) is 0 Å². The highest BCUT2D eigenvalue weighted by Gasteiger charge is 2.25.